The number of nitrogens with one attached hydrogen (secondary N) is 1. The van der Waals surface area contributed by atoms with Gasteiger partial charge in [0.05, 0.1) is 0 Å². The van der Waals surface area contributed by atoms with E-state index in [1.165, 1.54) is 0 Å². The minimum atomic E-state index is -0.765. The van der Waals surface area contributed by atoms with Gasteiger partial charge in [0.15, 0.2) is 0 Å². The summed E-state index contributed by atoms with van der Waals surface area (Å²) in [7, 11) is 0. The lowest BCUT2D eigenvalue weighted by Gasteiger charge is -2.09. The van der Waals surface area contributed by atoms with Crippen molar-refractivity contribution < 1.29 is 9.90 Å². The molecule has 0 bridgehead atoms. The maximum Gasteiger partial charge on any atom is 0.325 e. The van der Waals surface area contributed by atoms with E-state index in [4.69, 9.17) is 5.11 Å². The summed E-state index contributed by atoms with van der Waals surface area (Å²) in [6.07, 6.45) is 2.93. The summed E-state index contributed by atoms with van der Waals surface area (Å²) in [5.74, 6) is -0.352. The third-order valence-electron chi connectivity index (χ3n) is 2.45. The Bertz CT molecular complexity index is 211. The van der Waals surface area contributed by atoms with E-state index >= 15 is 0 Å². The van der Waals surface area contributed by atoms with Crippen LogP contribution < -0.4 is 5.32 Å². The molecule has 2 unspecified atom stereocenters. The standard InChI is InChI=1S/C9H15NO2/c1-3-6-5-10-8(9(11)12)7(6)4-2/h4,6,8,10H,3,5H2,1-2H3,(H,11,12)/b7-4+. The molecule has 1 heterocycles. The summed E-state index contributed by atoms with van der Waals surface area (Å²) >= 11 is 0. The molecule has 1 aliphatic heterocycles. The number of carbonyl (C=O) groups is 1. The normalized spacial score (nSPS) is 32.7. The van der Waals surface area contributed by atoms with Crippen molar-refractivity contribution in [3.8, 4) is 0 Å². The van der Waals surface area contributed by atoms with Crippen molar-refractivity contribution in [2.75, 3.05) is 6.54 Å². The van der Waals surface area contributed by atoms with Gasteiger partial charge in [0.1, 0.15) is 6.04 Å². The molecule has 0 aliphatic carbocycles. The molecule has 3 nitrogen and oxygen atoms in total. The monoisotopic (exact) mass is 169 g/mol. The van der Waals surface area contributed by atoms with Gasteiger partial charge < -0.3 is 10.4 Å². The summed E-state index contributed by atoms with van der Waals surface area (Å²) in [6, 6.07) is -0.444. The van der Waals surface area contributed by atoms with Crippen molar-refractivity contribution in [3.05, 3.63) is 11.6 Å². The molecule has 0 radical (unpaired) electrons. The van der Waals surface area contributed by atoms with Crippen LogP contribution in [-0.4, -0.2) is 23.7 Å². The van der Waals surface area contributed by atoms with E-state index < -0.39 is 12.0 Å². The molecule has 0 aromatic carbocycles. The highest BCUT2D eigenvalue weighted by molar-refractivity contribution is 5.78. The summed E-state index contributed by atoms with van der Waals surface area (Å²) in [4.78, 5) is 10.7. The topological polar surface area (TPSA) is 49.3 Å². The van der Waals surface area contributed by atoms with Crippen LogP contribution in [-0.2, 0) is 4.79 Å². The Morgan fingerprint density at radius 2 is 2.50 bits per heavy atom. The van der Waals surface area contributed by atoms with Gasteiger partial charge >= 0.3 is 5.97 Å². The highest BCUT2D eigenvalue weighted by Crippen LogP contribution is 2.24. The van der Waals surface area contributed by atoms with Crippen LogP contribution in [0.5, 0.6) is 0 Å². The molecule has 3 heteroatoms. The van der Waals surface area contributed by atoms with Gasteiger partial charge in [-0.2, -0.15) is 0 Å². The van der Waals surface area contributed by atoms with Crippen molar-refractivity contribution >= 4 is 5.97 Å². The average Bonchev–Trinajstić information content (AvgIpc) is 2.46. The van der Waals surface area contributed by atoms with Gasteiger partial charge in [-0.1, -0.05) is 13.0 Å². The first-order chi connectivity index (χ1) is 5.70. The van der Waals surface area contributed by atoms with Crippen LogP contribution in [0.4, 0.5) is 0 Å². The molecule has 0 spiro atoms. The Kier molecular flexibility index (Phi) is 2.87. The summed E-state index contributed by atoms with van der Waals surface area (Å²) < 4.78 is 0. The van der Waals surface area contributed by atoms with Gasteiger partial charge in [-0.15, -0.1) is 0 Å². The van der Waals surface area contributed by atoms with Gasteiger partial charge in [-0.05, 0) is 24.8 Å². The van der Waals surface area contributed by atoms with Crippen LogP contribution in [0.2, 0.25) is 0 Å². The summed E-state index contributed by atoms with van der Waals surface area (Å²) in [5, 5.41) is 11.8. The average molecular weight is 169 g/mol. The molecular formula is C9H15NO2. The van der Waals surface area contributed by atoms with Crippen LogP contribution in [0.3, 0.4) is 0 Å². The first-order valence-electron chi connectivity index (χ1n) is 4.33. The number of hydrogen-bond acceptors (Lipinski definition) is 2. The minimum absolute atomic E-state index is 0.413. The van der Waals surface area contributed by atoms with Crippen LogP contribution in [0.1, 0.15) is 20.3 Å². The SMILES string of the molecule is C/C=C1\C(CC)CNC1C(=O)O. The first kappa shape index (κ1) is 9.26. The molecule has 0 saturated carbocycles. The van der Waals surface area contributed by atoms with Crippen molar-refractivity contribution in [1.29, 1.82) is 0 Å². The minimum Gasteiger partial charge on any atom is -0.480 e. The second-order valence-corrected chi connectivity index (χ2v) is 3.07. The van der Waals surface area contributed by atoms with Gasteiger partial charge in [-0.3, -0.25) is 4.79 Å². The Morgan fingerprint density at radius 1 is 1.83 bits per heavy atom. The molecule has 1 rings (SSSR count). The van der Waals surface area contributed by atoms with E-state index in [-0.39, 0.29) is 0 Å². The fraction of sp³-hybridized carbons (Fsp3) is 0.667. The zero-order valence-corrected chi connectivity index (χ0v) is 7.50. The van der Waals surface area contributed by atoms with Crippen molar-refractivity contribution in [1.82, 2.24) is 5.32 Å². The third-order valence-corrected chi connectivity index (χ3v) is 2.45. The number of carboxylic acids is 1. The van der Waals surface area contributed by atoms with Crippen LogP contribution in [0.15, 0.2) is 11.6 Å². The van der Waals surface area contributed by atoms with E-state index in [9.17, 15) is 4.79 Å². The van der Waals surface area contributed by atoms with Gasteiger partial charge in [0.2, 0.25) is 0 Å². The lowest BCUT2D eigenvalue weighted by atomic mass is 9.95. The van der Waals surface area contributed by atoms with Crippen LogP contribution in [0.25, 0.3) is 0 Å². The van der Waals surface area contributed by atoms with E-state index in [2.05, 4.69) is 12.2 Å². The van der Waals surface area contributed by atoms with E-state index in [1.54, 1.807) is 0 Å². The van der Waals surface area contributed by atoms with Crippen LogP contribution in [0, 0.1) is 5.92 Å². The summed E-state index contributed by atoms with van der Waals surface area (Å²) in [6.45, 7) is 4.79. The fourth-order valence-corrected chi connectivity index (χ4v) is 1.74. The largest absolute Gasteiger partial charge is 0.480 e. The first-order valence-corrected chi connectivity index (χ1v) is 4.33. The highest BCUT2D eigenvalue weighted by Gasteiger charge is 2.32. The lowest BCUT2D eigenvalue weighted by Crippen LogP contribution is -2.31. The Balaban J connectivity index is 2.76. The van der Waals surface area contributed by atoms with Crippen LogP contribution >= 0.6 is 0 Å². The Morgan fingerprint density at radius 3 is 2.92 bits per heavy atom. The maximum absolute atomic E-state index is 10.7. The number of carboxylic acid groups (broad SMARTS) is 1. The smallest absolute Gasteiger partial charge is 0.325 e. The Hall–Kier alpha value is -0.830. The molecule has 1 aliphatic rings. The molecule has 0 aromatic heterocycles. The molecule has 2 N–H and O–H groups in total. The van der Waals surface area contributed by atoms with Gasteiger partial charge in [-0.25, -0.2) is 0 Å². The van der Waals surface area contributed by atoms with Gasteiger partial charge in [0, 0.05) is 6.54 Å². The van der Waals surface area contributed by atoms with E-state index in [1.807, 2.05) is 13.0 Å². The molecule has 0 amide bonds. The molecule has 1 fully saturated rings. The fourth-order valence-electron chi connectivity index (χ4n) is 1.74. The third kappa shape index (κ3) is 1.50. The highest BCUT2D eigenvalue weighted by atomic mass is 16.4. The molecular weight excluding hydrogens is 154 g/mol. The predicted molar refractivity (Wildman–Crippen MR) is 47.0 cm³/mol. The Labute approximate surface area is 72.5 Å². The number of allylic oxidation sites excluding steroid dienone is 1. The zero-order valence-electron chi connectivity index (χ0n) is 7.50. The maximum atomic E-state index is 10.7. The molecule has 1 saturated heterocycles. The predicted octanol–water partition coefficient (Wildman–Crippen LogP) is 1.02. The number of aliphatic carboxylic acids is 1. The molecule has 12 heavy (non-hydrogen) atoms. The second-order valence-electron chi connectivity index (χ2n) is 3.07. The number of rotatable bonds is 2. The van der Waals surface area contributed by atoms with E-state index in [0.29, 0.717) is 5.92 Å². The molecule has 68 valence electrons. The lowest BCUT2D eigenvalue weighted by molar-refractivity contribution is -0.138. The zero-order chi connectivity index (χ0) is 9.14. The molecule has 2 atom stereocenters. The van der Waals surface area contributed by atoms with Crippen molar-refractivity contribution in [2.24, 2.45) is 5.92 Å². The number of hydrogen-bond donors (Lipinski definition) is 2. The van der Waals surface area contributed by atoms with Crippen molar-refractivity contribution in [3.63, 3.8) is 0 Å². The quantitative estimate of drug-likeness (QED) is 0.607. The second kappa shape index (κ2) is 3.72. The molecule has 0 aromatic rings. The van der Waals surface area contributed by atoms with E-state index in [0.717, 1.165) is 18.5 Å². The summed E-state index contributed by atoms with van der Waals surface area (Å²) in [5.41, 5.74) is 1.03. The van der Waals surface area contributed by atoms with Gasteiger partial charge in [0.25, 0.3) is 0 Å². The van der Waals surface area contributed by atoms with Crippen molar-refractivity contribution in [2.45, 2.75) is 26.3 Å².